The van der Waals surface area contributed by atoms with Crippen LogP contribution in [0.2, 0.25) is 0 Å². The molecule has 0 fully saturated rings. The molecule has 4 nitrogen and oxygen atoms in total. The summed E-state index contributed by atoms with van der Waals surface area (Å²) in [6.45, 7) is 26.0. The van der Waals surface area contributed by atoms with Gasteiger partial charge in [0.15, 0.2) is 0 Å². The summed E-state index contributed by atoms with van der Waals surface area (Å²) >= 11 is 0. The molecular weight excluding hydrogens is 774 g/mol. The first-order valence-corrected chi connectivity index (χ1v) is 21.2. The minimum Gasteiger partial charge on any atom is -0.308 e. The van der Waals surface area contributed by atoms with E-state index in [2.05, 4.69) is 171 Å². The highest BCUT2D eigenvalue weighted by Gasteiger charge is 2.32. The van der Waals surface area contributed by atoms with Crippen LogP contribution in [-0.2, 0) is 27.8 Å². The number of aromatic nitrogens is 2. The monoisotopic (exact) mass is 826 g/mol. The normalized spacial score (nSPS) is 13.0. The number of nitrogens with zero attached hydrogens (tertiary/aromatic N) is 4. The average Bonchev–Trinajstić information content (AvgIpc) is 3.69. The van der Waals surface area contributed by atoms with Crippen LogP contribution in [0.25, 0.3) is 66.1 Å². The third-order valence-electron chi connectivity index (χ3n) is 12.4. The molecule has 0 aliphatic carbocycles. The van der Waals surface area contributed by atoms with Gasteiger partial charge in [-0.3, -0.25) is 0 Å². The van der Waals surface area contributed by atoms with Gasteiger partial charge in [0, 0.05) is 21.5 Å². The van der Waals surface area contributed by atoms with Gasteiger partial charge >= 0.3 is 6.18 Å². The fourth-order valence-electron chi connectivity index (χ4n) is 8.69. The van der Waals surface area contributed by atoms with Crippen molar-refractivity contribution in [2.45, 2.75) is 111 Å². The molecule has 8 rings (SSSR count). The highest BCUT2D eigenvalue weighted by molar-refractivity contribution is 6.12. The molecule has 0 bridgehead atoms. The summed E-state index contributed by atoms with van der Waals surface area (Å²) < 4.78 is 48.1. The van der Waals surface area contributed by atoms with Gasteiger partial charge in [0.2, 0.25) is 0 Å². The molecule has 0 amide bonds. The third kappa shape index (κ3) is 7.22. The van der Waals surface area contributed by atoms with Crippen molar-refractivity contribution in [1.29, 1.82) is 10.5 Å². The molecule has 0 unspecified atom stereocenters. The van der Waals surface area contributed by atoms with Gasteiger partial charge in [-0.2, -0.15) is 23.7 Å². The van der Waals surface area contributed by atoms with Gasteiger partial charge in [-0.25, -0.2) is 0 Å². The van der Waals surface area contributed by atoms with Crippen molar-refractivity contribution in [2.75, 3.05) is 0 Å². The molecule has 6 aromatic carbocycles. The molecule has 2 heterocycles. The van der Waals surface area contributed by atoms with Gasteiger partial charge in [0.05, 0.1) is 50.6 Å². The topological polar surface area (TPSA) is 57.4 Å². The van der Waals surface area contributed by atoms with Crippen molar-refractivity contribution in [1.82, 2.24) is 9.13 Å². The molecule has 7 heteroatoms. The molecule has 0 radical (unpaired) electrons. The van der Waals surface area contributed by atoms with Crippen molar-refractivity contribution in [3.05, 3.63) is 142 Å². The van der Waals surface area contributed by atoms with Gasteiger partial charge < -0.3 is 9.13 Å². The van der Waals surface area contributed by atoms with Crippen LogP contribution in [0.1, 0.15) is 122 Å². The number of rotatable bonds is 3. The molecule has 0 atom stereocenters. The van der Waals surface area contributed by atoms with Crippen LogP contribution in [-0.4, -0.2) is 9.13 Å². The molecule has 0 saturated carbocycles. The van der Waals surface area contributed by atoms with Crippen LogP contribution >= 0.6 is 0 Å². The lowest BCUT2D eigenvalue weighted by atomic mass is 9.86. The number of benzene rings is 6. The van der Waals surface area contributed by atoms with E-state index in [4.69, 9.17) is 0 Å². The van der Waals surface area contributed by atoms with Crippen LogP contribution in [0.4, 0.5) is 13.2 Å². The zero-order valence-electron chi connectivity index (χ0n) is 37.7. The van der Waals surface area contributed by atoms with Crippen molar-refractivity contribution < 1.29 is 13.2 Å². The standard InChI is InChI=1S/C55H53F3N4/c1-51(2,3)35-13-17-40-41-18-14-36(52(4,5)6)27-48(41)61(47(40)26-35)45-24-34(33-21-32(30-59)22-39(23-33)55(56,57)58)25-46(44(45)31-60)62-49-28-37(53(7,8)9)15-19-42(49)43-20-16-38(29-50(43)62)54(10,11)12/h13-29H,1-12H3. The van der Waals surface area contributed by atoms with E-state index >= 15 is 0 Å². The van der Waals surface area contributed by atoms with E-state index in [1.54, 1.807) is 0 Å². The Hall–Kier alpha value is -6.31. The fourth-order valence-corrected chi connectivity index (χ4v) is 8.69. The molecule has 8 aromatic rings. The Labute approximate surface area is 362 Å². The first-order valence-electron chi connectivity index (χ1n) is 21.2. The van der Waals surface area contributed by atoms with Crippen molar-refractivity contribution in [3.8, 4) is 34.6 Å². The van der Waals surface area contributed by atoms with Crippen LogP contribution in [0.15, 0.2) is 103 Å². The van der Waals surface area contributed by atoms with Crippen LogP contribution < -0.4 is 0 Å². The number of hydrogen-bond donors (Lipinski definition) is 0. The highest BCUT2D eigenvalue weighted by Crippen LogP contribution is 2.44. The molecule has 2 aromatic heterocycles. The maximum atomic E-state index is 14.6. The molecule has 0 spiro atoms. The van der Waals surface area contributed by atoms with E-state index in [0.717, 1.165) is 78.0 Å². The quantitative estimate of drug-likeness (QED) is 0.178. The second kappa shape index (κ2) is 14.1. The molecule has 314 valence electrons. The van der Waals surface area contributed by atoms with Gasteiger partial charge in [-0.15, -0.1) is 0 Å². The Balaban J connectivity index is 1.63. The van der Waals surface area contributed by atoms with E-state index in [-0.39, 0.29) is 32.8 Å². The Bertz CT molecular complexity index is 2910. The van der Waals surface area contributed by atoms with Gasteiger partial charge in [0.25, 0.3) is 0 Å². The molecule has 62 heavy (non-hydrogen) atoms. The summed E-state index contributed by atoms with van der Waals surface area (Å²) in [6.07, 6.45) is -4.70. The number of hydrogen-bond acceptors (Lipinski definition) is 2. The van der Waals surface area contributed by atoms with Gasteiger partial charge in [-0.1, -0.05) is 132 Å². The summed E-state index contributed by atoms with van der Waals surface area (Å²) in [7, 11) is 0. The summed E-state index contributed by atoms with van der Waals surface area (Å²) in [4.78, 5) is 0. The second-order valence-corrected chi connectivity index (χ2v) is 21.0. The predicted octanol–water partition coefficient (Wildman–Crippen LogP) is 15.5. The first-order chi connectivity index (χ1) is 28.8. The van der Waals surface area contributed by atoms with Crippen molar-refractivity contribution >= 4 is 43.6 Å². The van der Waals surface area contributed by atoms with Crippen molar-refractivity contribution in [2.24, 2.45) is 0 Å². The molecule has 0 aliphatic rings. The highest BCUT2D eigenvalue weighted by atomic mass is 19.4. The third-order valence-corrected chi connectivity index (χ3v) is 12.4. The average molecular weight is 827 g/mol. The lowest BCUT2D eigenvalue weighted by molar-refractivity contribution is -0.137. The van der Waals surface area contributed by atoms with E-state index < -0.39 is 11.7 Å². The maximum Gasteiger partial charge on any atom is 0.416 e. The van der Waals surface area contributed by atoms with E-state index in [1.807, 2.05) is 18.2 Å². The van der Waals surface area contributed by atoms with Gasteiger partial charge in [-0.05, 0) is 110 Å². The minimum absolute atomic E-state index is 0.106. The predicted molar refractivity (Wildman–Crippen MR) is 250 cm³/mol. The molecule has 0 aliphatic heterocycles. The molecule has 0 saturated heterocycles. The van der Waals surface area contributed by atoms with E-state index in [0.29, 0.717) is 22.5 Å². The lowest BCUT2D eigenvalue weighted by Gasteiger charge is -2.23. The van der Waals surface area contributed by atoms with Gasteiger partial charge in [0.1, 0.15) is 11.6 Å². The second-order valence-electron chi connectivity index (χ2n) is 21.0. The largest absolute Gasteiger partial charge is 0.416 e. The molecule has 0 N–H and O–H groups in total. The zero-order chi connectivity index (χ0) is 45.1. The van der Waals surface area contributed by atoms with Crippen LogP contribution in [0, 0.1) is 22.7 Å². The summed E-state index contributed by atoms with van der Waals surface area (Å²) in [6, 6.07) is 37.7. The minimum atomic E-state index is -4.70. The Morgan fingerprint density at radius 1 is 0.387 bits per heavy atom. The summed E-state index contributed by atoms with van der Waals surface area (Å²) in [5.74, 6) is 0. The Morgan fingerprint density at radius 3 is 0.984 bits per heavy atom. The fraction of sp³-hybridized carbons (Fsp3) is 0.309. The summed E-state index contributed by atoms with van der Waals surface area (Å²) in [5, 5.41) is 25.7. The van der Waals surface area contributed by atoms with Crippen LogP contribution in [0.5, 0.6) is 0 Å². The van der Waals surface area contributed by atoms with Crippen LogP contribution in [0.3, 0.4) is 0 Å². The maximum absolute atomic E-state index is 14.6. The lowest BCUT2D eigenvalue weighted by Crippen LogP contribution is -2.12. The molecular formula is C55H53F3N4. The van der Waals surface area contributed by atoms with E-state index in [9.17, 15) is 23.7 Å². The van der Waals surface area contributed by atoms with E-state index in [1.165, 1.54) is 6.07 Å². The SMILES string of the molecule is CC(C)(C)c1ccc2c3ccc(C(C)(C)C)cc3n(-c3cc(-c4cc(C#N)cc(C(F)(F)F)c4)cc(-n4c5cc(C(C)(C)C)ccc5c5ccc(C(C)(C)C)cc54)c3C#N)c2c1. The Morgan fingerprint density at radius 2 is 0.710 bits per heavy atom. The number of nitriles is 2. The Kier molecular flexibility index (Phi) is 9.65. The first kappa shape index (κ1) is 42.4. The zero-order valence-corrected chi connectivity index (χ0v) is 37.7. The van der Waals surface area contributed by atoms with Crippen molar-refractivity contribution in [3.63, 3.8) is 0 Å². The number of fused-ring (bicyclic) bond motifs is 6. The summed E-state index contributed by atoms with van der Waals surface area (Å²) in [5.41, 5.74) is 8.17. The smallest absolute Gasteiger partial charge is 0.308 e. The number of halogens is 3. The number of alkyl halides is 3.